The third-order valence-corrected chi connectivity index (χ3v) is 3.88. The van der Waals surface area contributed by atoms with Gasteiger partial charge in [0.1, 0.15) is 4.33 Å². The quantitative estimate of drug-likeness (QED) is 0.689. The third-order valence-electron chi connectivity index (χ3n) is 2.96. The van der Waals surface area contributed by atoms with Crippen LogP contribution in [-0.4, -0.2) is 29.5 Å². The predicted octanol–water partition coefficient (Wildman–Crippen LogP) is 1.91. The highest BCUT2D eigenvalue weighted by molar-refractivity contribution is 6.50. The Bertz CT molecular complexity index is 204. The van der Waals surface area contributed by atoms with Gasteiger partial charge in [-0.05, 0) is 26.2 Å². The van der Waals surface area contributed by atoms with E-state index < -0.39 is 4.33 Å². The van der Waals surface area contributed by atoms with Gasteiger partial charge in [-0.2, -0.15) is 0 Å². The van der Waals surface area contributed by atoms with E-state index in [1.807, 2.05) is 0 Å². The maximum absolute atomic E-state index is 5.94. The van der Waals surface area contributed by atoms with E-state index >= 15 is 0 Å². The zero-order valence-corrected chi connectivity index (χ0v) is 10.0. The molecule has 2 aliphatic rings. The molecule has 0 radical (unpaired) electrons. The molecular weight excluding hydrogens is 219 g/mol. The highest BCUT2D eigenvalue weighted by Crippen LogP contribution is 2.52. The third kappa shape index (κ3) is 3.27. The van der Waals surface area contributed by atoms with E-state index in [2.05, 4.69) is 17.6 Å². The van der Waals surface area contributed by atoms with Gasteiger partial charge in [0, 0.05) is 31.1 Å². The molecule has 2 saturated carbocycles. The van der Waals surface area contributed by atoms with Crippen molar-refractivity contribution in [2.75, 3.05) is 13.1 Å². The Labute approximate surface area is 95.7 Å². The van der Waals surface area contributed by atoms with Gasteiger partial charge >= 0.3 is 0 Å². The topological polar surface area (TPSA) is 24.1 Å². The molecule has 0 aromatic rings. The van der Waals surface area contributed by atoms with Crippen LogP contribution in [0.2, 0.25) is 0 Å². The first kappa shape index (κ1) is 11.0. The summed E-state index contributed by atoms with van der Waals surface area (Å²) in [5.74, 6) is 0.453. The van der Waals surface area contributed by atoms with Crippen molar-refractivity contribution < 1.29 is 0 Å². The van der Waals surface area contributed by atoms with E-state index in [1.54, 1.807) is 0 Å². The summed E-state index contributed by atoms with van der Waals surface area (Å²) in [5.41, 5.74) is 0. The second-order valence-electron chi connectivity index (χ2n) is 4.65. The van der Waals surface area contributed by atoms with Gasteiger partial charge in [0.15, 0.2) is 0 Å². The molecule has 2 aliphatic carbocycles. The first-order valence-electron chi connectivity index (χ1n) is 5.42. The van der Waals surface area contributed by atoms with Crippen molar-refractivity contribution >= 4 is 23.2 Å². The molecule has 0 aromatic carbocycles. The lowest BCUT2D eigenvalue weighted by Crippen LogP contribution is -2.38. The summed E-state index contributed by atoms with van der Waals surface area (Å²) in [4.78, 5) is 0. The van der Waals surface area contributed by atoms with Crippen LogP contribution in [-0.2, 0) is 0 Å². The molecule has 82 valence electrons. The molecule has 0 saturated heterocycles. The van der Waals surface area contributed by atoms with Gasteiger partial charge in [0.25, 0.3) is 0 Å². The van der Waals surface area contributed by atoms with Crippen LogP contribution in [0.4, 0.5) is 0 Å². The monoisotopic (exact) mass is 236 g/mol. The van der Waals surface area contributed by atoms with Gasteiger partial charge in [-0.15, -0.1) is 23.2 Å². The number of hydrogen-bond donors (Lipinski definition) is 2. The zero-order chi connectivity index (χ0) is 10.2. The van der Waals surface area contributed by atoms with Crippen LogP contribution in [0.3, 0.4) is 0 Å². The van der Waals surface area contributed by atoms with E-state index in [4.69, 9.17) is 23.2 Å². The minimum atomic E-state index is -0.434. The molecule has 0 aromatic heterocycles. The molecule has 2 unspecified atom stereocenters. The Morgan fingerprint density at radius 3 is 2.57 bits per heavy atom. The zero-order valence-electron chi connectivity index (χ0n) is 8.52. The molecule has 14 heavy (non-hydrogen) atoms. The fourth-order valence-corrected chi connectivity index (χ4v) is 2.06. The van der Waals surface area contributed by atoms with Crippen molar-refractivity contribution in [3.63, 3.8) is 0 Å². The van der Waals surface area contributed by atoms with Crippen molar-refractivity contribution in [3.8, 4) is 0 Å². The van der Waals surface area contributed by atoms with Crippen molar-refractivity contribution in [2.45, 2.75) is 42.6 Å². The van der Waals surface area contributed by atoms with E-state index in [1.165, 1.54) is 12.8 Å². The highest BCUT2D eigenvalue weighted by Gasteiger charge is 2.51. The summed E-state index contributed by atoms with van der Waals surface area (Å²) >= 11 is 11.9. The van der Waals surface area contributed by atoms with Gasteiger partial charge in [-0.25, -0.2) is 0 Å². The maximum Gasteiger partial charge on any atom is 0.122 e. The summed E-state index contributed by atoms with van der Waals surface area (Å²) in [6, 6.07) is 1.31. The second kappa shape index (κ2) is 4.17. The number of hydrogen-bond acceptors (Lipinski definition) is 2. The fourth-order valence-electron chi connectivity index (χ4n) is 1.54. The Morgan fingerprint density at radius 1 is 1.43 bits per heavy atom. The lowest BCUT2D eigenvalue weighted by molar-refractivity contribution is 0.487. The van der Waals surface area contributed by atoms with Crippen LogP contribution in [0.5, 0.6) is 0 Å². The summed E-state index contributed by atoms with van der Waals surface area (Å²) < 4.78 is -0.434. The average molecular weight is 237 g/mol. The van der Waals surface area contributed by atoms with Crippen LogP contribution in [0, 0.1) is 5.92 Å². The first-order chi connectivity index (χ1) is 6.58. The SMILES string of the molecule is CC(CNC1CC1)NCC1CC1(Cl)Cl. The lowest BCUT2D eigenvalue weighted by Gasteiger charge is -2.14. The molecule has 2 atom stereocenters. The Kier molecular flexibility index (Phi) is 3.27. The number of alkyl halides is 2. The van der Waals surface area contributed by atoms with Crippen LogP contribution >= 0.6 is 23.2 Å². The molecule has 0 amide bonds. The minimum Gasteiger partial charge on any atom is -0.313 e. The Balaban J connectivity index is 1.51. The standard InChI is InChI=1S/C10H18Cl2N2/c1-7(5-14-9-2-3-9)13-6-8-4-10(8,11)12/h7-9,13-14H,2-6H2,1H3. The Morgan fingerprint density at radius 2 is 2.07 bits per heavy atom. The van der Waals surface area contributed by atoms with Gasteiger partial charge < -0.3 is 10.6 Å². The lowest BCUT2D eigenvalue weighted by atomic mass is 10.3. The smallest absolute Gasteiger partial charge is 0.122 e. The largest absolute Gasteiger partial charge is 0.313 e. The molecule has 2 nitrogen and oxygen atoms in total. The summed E-state index contributed by atoms with van der Waals surface area (Å²) in [6.07, 6.45) is 3.63. The van der Waals surface area contributed by atoms with Gasteiger partial charge in [0.05, 0.1) is 0 Å². The van der Waals surface area contributed by atoms with E-state index in [0.29, 0.717) is 12.0 Å². The molecule has 0 bridgehead atoms. The maximum atomic E-state index is 5.94. The van der Waals surface area contributed by atoms with Gasteiger partial charge in [0.2, 0.25) is 0 Å². The first-order valence-corrected chi connectivity index (χ1v) is 6.18. The van der Waals surface area contributed by atoms with Gasteiger partial charge in [-0.1, -0.05) is 0 Å². The molecule has 0 spiro atoms. The van der Waals surface area contributed by atoms with Crippen molar-refractivity contribution in [1.29, 1.82) is 0 Å². The van der Waals surface area contributed by atoms with Crippen LogP contribution in [0.25, 0.3) is 0 Å². The highest BCUT2D eigenvalue weighted by atomic mass is 35.5. The second-order valence-corrected chi connectivity index (χ2v) is 6.20. The normalized spacial score (nSPS) is 31.5. The number of rotatable bonds is 6. The minimum absolute atomic E-state index is 0.434. The van der Waals surface area contributed by atoms with Crippen LogP contribution in [0.15, 0.2) is 0 Å². The van der Waals surface area contributed by atoms with Crippen LogP contribution in [0.1, 0.15) is 26.2 Å². The predicted molar refractivity (Wildman–Crippen MR) is 61.0 cm³/mol. The molecule has 2 N–H and O–H groups in total. The van der Waals surface area contributed by atoms with Crippen molar-refractivity contribution in [1.82, 2.24) is 10.6 Å². The molecule has 4 heteroatoms. The number of nitrogens with one attached hydrogen (secondary N) is 2. The summed E-state index contributed by atoms with van der Waals surface area (Å²) in [7, 11) is 0. The molecule has 0 aliphatic heterocycles. The van der Waals surface area contributed by atoms with E-state index in [-0.39, 0.29) is 0 Å². The van der Waals surface area contributed by atoms with Crippen molar-refractivity contribution in [3.05, 3.63) is 0 Å². The molecule has 2 fully saturated rings. The Hall–Kier alpha value is 0.500. The average Bonchev–Trinajstić information content (AvgIpc) is 2.97. The molecule has 0 heterocycles. The summed E-state index contributed by atoms with van der Waals surface area (Å²) in [5, 5.41) is 6.94. The fraction of sp³-hybridized carbons (Fsp3) is 1.00. The van der Waals surface area contributed by atoms with Gasteiger partial charge in [-0.3, -0.25) is 0 Å². The van der Waals surface area contributed by atoms with Crippen LogP contribution < -0.4 is 10.6 Å². The summed E-state index contributed by atoms with van der Waals surface area (Å²) in [6.45, 7) is 4.19. The molecular formula is C10H18Cl2N2. The van der Waals surface area contributed by atoms with Crippen molar-refractivity contribution in [2.24, 2.45) is 5.92 Å². The molecule has 2 rings (SSSR count). The number of halogens is 2. The van der Waals surface area contributed by atoms with E-state index in [9.17, 15) is 0 Å². The van der Waals surface area contributed by atoms with E-state index in [0.717, 1.165) is 25.6 Å².